The van der Waals surface area contributed by atoms with Crippen molar-refractivity contribution in [1.82, 2.24) is 14.7 Å². The van der Waals surface area contributed by atoms with Crippen molar-refractivity contribution in [1.29, 1.82) is 0 Å². The van der Waals surface area contributed by atoms with Crippen LogP contribution in [0.4, 0.5) is 9.59 Å². The molecule has 0 bridgehead atoms. The lowest BCUT2D eigenvalue weighted by molar-refractivity contribution is -0.118. The molecule has 6 heteroatoms. The number of likely N-dealkylation sites (N-methyl/N-ethyl adjacent to an activating group) is 2. The zero-order valence-corrected chi connectivity index (χ0v) is 11.5. The van der Waals surface area contributed by atoms with Crippen LogP contribution in [0, 0.1) is 0 Å². The molecule has 1 aromatic carbocycles. The normalized spacial score (nSPS) is 20.2. The first-order chi connectivity index (χ1) is 9.47. The average Bonchev–Trinajstić information content (AvgIpc) is 2.49. The first-order valence-corrected chi connectivity index (χ1v) is 6.24. The largest absolute Gasteiger partial charge is 0.445 e. The smallest absolute Gasteiger partial charge is 0.332 e. The number of urea groups is 2. The van der Waals surface area contributed by atoms with Gasteiger partial charge in [-0.3, -0.25) is 9.80 Å². The highest BCUT2D eigenvalue weighted by Crippen LogP contribution is 2.36. The van der Waals surface area contributed by atoms with Gasteiger partial charge in [-0.05, 0) is 12.1 Å². The van der Waals surface area contributed by atoms with Gasteiger partial charge in [-0.2, -0.15) is 0 Å². The maximum absolute atomic E-state index is 12.2. The van der Waals surface area contributed by atoms with Crippen LogP contribution in [-0.2, 0) is 0 Å². The van der Waals surface area contributed by atoms with E-state index in [1.807, 2.05) is 30.3 Å². The summed E-state index contributed by atoms with van der Waals surface area (Å²) in [4.78, 5) is 28.2. The van der Waals surface area contributed by atoms with Gasteiger partial charge in [-0.1, -0.05) is 18.2 Å². The first-order valence-electron chi connectivity index (χ1n) is 6.24. The van der Waals surface area contributed by atoms with Crippen molar-refractivity contribution in [3.05, 3.63) is 35.9 Å². The number of amides is 4. The molecule has 2 aliphatic rings. The van der Waals surface area contributed by atoms with E-state index in [1.54, 1.807) is 20.2 Å². The Kier molecular flexibility index (Phi) is 2.50. The molecule has 3 rings (SSSR count). The number of benzene rings is 1. The first kappa shape index (κ1) is 12.5. The van der Waals surface area contributed by atoms with Crippen molar-refractivity contribution in [3.8, 4) is 5.75 Å². The van der Waals surface area contributed by atoms with Gasteiger partial charge in [0.1, 0.15) is 5.75 Å². The quantitative estimate of drug-likeness (QED) is 0.724. The van der Waals surface area contributed by atoms with Gasteiger partial charge in [0.25, 0.3) is 5.85 Å². The van der Waals surface area contributed by atoms with E-state index in [0.29, 0.717) is 5.75 Å². The molecule has 104 valence electrons. The number of carbonyl (C=O) groups is 2. The van der Waals surface area contributed by atoms with Crippen molar-refractivity contribution >= 4 is 18.1 Å². The third-order valence-corrected chi connectivity index (χ3v) is 3.77. The Morgan fingerprint density at radius 2 is 1.60 bits per heavy atom. The molecule has 0 aliphatic carbocycles. The number of fused-ring (bicyclic) bond motifs is 1. The van der Waals surface area contributed by atoms with E-state index in [-0.39, 0.29) is 0 Å². The maximum Gasteiger partial charge on any atom is 0.332 e. The summed E-state index contributed by atoms with van der Waals surface area (Å²) in [6.45, 7) is 0. The zero-order chi connectivity index (χ0) is 14.5. The van der Waals surface area contributed by atoms with Gasteiger partial charge in [-0.15, -0.1) is 0 Å². The topological polar surface area (TPSA) is 53.1 Å². The molecule has 0 atom stereocenters. The molecule has 2 heterocycles. The molecule has 2 aliphatic heterocycles. The minimum atomic E-state index is -1.21. The predicted octanol–water partition coefficient (Wildman–Crippen LogP) is 1.79. The van der Waals surface area contributed by atoms with Gasteiger partial charge in [0.2, 0.25) is 0 Å². The van der Waals surface area contributed by atoms with Gasteiger partial charge >= 0.3 is 12.1 Å². The zero-order valence-electron chi connectivity index (χ0n) is 11.5. The summed E-state index contributed by atoms with van der Waals surface area (Å²) in [6.07, 6.45) is 3.58. The Hall–Kier alpha value is -2.50. The summed E-state index contributed by atoms with van der Waals surface area (Å²) in [5.74, 6) is -0.575. The van der Waals surface area contributed by atoms with Crippen molar-refractivity contribution in [2.45, 2.75) is 5.85 Å². The minimum absolute atomic E-state index is 0.405. The van der Waals surface area contributed by atoms with E-state index >= 15 is 0 Å². The van der Waals surface area contributed by atoms with E-state index < -0.39 is 17.9 Å². The van der Waals surface area contributed by atoms with Crippen LogP contribution in [0.1, 0.15) is 5.56 Å². The number of para-hydroxylation sites is 1. The summed E-state index contributed by atoms with van der Waals surface area (Å²) < 4.78 is 5.97. The van der Waals surface area contributed by atoms with Gasteiger partial charge in [0, 0.05) is 32.8 Å². The molecular weight excluding hydrogens is 258 g/mol. The lowest BCUT2D eigenvalue weighted by Crippen LogP contribution is -2.72. The van der Waals surface area contributed by atoms with E-state index in [9.17, 15) is 9.59 Å². The van der Waals surface area contributed by atoms with Gasteiger partial charge in [0.15, 0.2) is 0 Å². The second kappa shape index (κ2) is 4.00. The molecule has 0 unspecified atom stereocenters. The highest BCUT2D eigenvalue weighted by atomic mass is 16.5. The summed E-state index contributed by atoms with van der Waals surface area (Å²) in [5, 5.41) is 0. The molecular formula is C14H15N3O3. The highest BCUT2D eigenvalue weighted by molar-refractivity contribution is 5.96. The maximum atomic E-state index is 12.2. The molecule has 6 nitrogen and oxygen atoms in total. The number of hydrogen-bond donors (Lipinski definition) is 0. The summed E-state index contributed by atoms with van der Waals surface area (Å²) in [5.41, 5.74) is 0.916. The Morgan fingerprint density at radius 3 is 2.25 bits per heavy atom. The monoisotopic (exact) mass is 273 g/mol. The van der Waals surface area contributed by atoms with Crippen LogP contribution in [0.15, 0.2) is 30.3 Å². The van der Waals surface area contributed by atoms with Gasteiger partial charge in [-0.25, -0.2) is 14.5 Å². The molecule has 0 aromatic heterocycles. The van der Waals surface area contributed by atoms with Crippen LogP contribution < -0.4 is 4.74 Å². The number of imide groups is 1. The third-order valence-electron chi connectivity index (χ3n) is 3.77. The van der Waals surface area contributed by atoms with Gasteiger partial charge < -0.3 is 4.74 Å². The van der Waals surface area contributed by atoms with Crippen molar-refractivity contribution in [2.75, 3.05) is 21.1 Å². The second-order valence-corrected chi connectivity index (χ2v) is 4.87. The van der Waals surface area contributed by atoms with E-state index in [0.717, 1.165) is 10.5 Å². The Balaban J connectivity index is 2.09. The number of carbonyl (C=O) groups excluding carboxylic acids is 2. The Morgan fingerprint density at radius 1 is 1.00 bits per heavy atom. The number of nitrogens with zero attached hydrogens (tertiary/aromatic N) is 3. The number of rotatable bonds is 0. The van der Waals surface area contributed by atoms with E-state index in [1.165, 1.54) is 16.8 Å². The van der Waals surface area contributed by atoms with Crippen LogP contribution in [0.2, 0.25) is 0 Å². The lowest BCUT2D eigenvalue weighted by atomic mass is 10.1. The molecule has 1 saturated heterocycles. The molecule has 20 heavy (non-hydrogen) atoms. The van der Waals surface area contributed by atoms with Crippen LogP contribution in [0.5, 0.6) is 5.75 Å². The summed E-state index contributed by atoms with van der Waals surface area (Å²) >= 11 is 0. The second-order valence-electron chi connectivity index (χ2n) is 4.87. The minimum Gasteiger partial charge on any atom is -0.445 e. The molecule has 1 spiro atoms. The summed E-state index contributed by atoms with van der Waals surface area (Å²) in [6, 6.07) is 6.68. The molecule has 4 amide bonds. The van der Waals surface area contributed by atoms with Crippen LogP contribution in [0.3, 0.4) is 0 Å². The van der Waals surface area contributed by atoms with Crippen molar-refractivity contribution < 1.29 is 14.3 Å². The van der Waals surface area contributed by atoms with Crippen LogP contribution >= 0.6 is 0 Å². The predicted molar refractivity (Wildman–Crippen MR) is 72.9 cm³/mol. The Bertz CT molecular complexity index is 604. The number of ether oxygens (including phenoxy) is 1. The molecule has 1 aromatic rings. The van der Waals surface area contributed by atoms with Gasteiger partial charge in [0.05, 0.1) is 0 Å². The standard InChI is InChI=1S/C14H15N3O3/c1-15-12(18)16(2)14(17(3)13(15)19)9-8-10-6-4-5-7-11(10)20-14/h4-9H,1-3H3. The fourth-order valence-corrected chi connectivity index (χ4v) is 2.50. The SMILES string of the molecule is CN1C(=O)N(C)C2(C=Cc3ccccc3O2)N(C)C1=O. The molecule has 0 radical (unpaired) electrons. The van der Waals surface area contributed by atoms with E-state index in [2.05, 4.69) is 0 Å². The van der Waals surface area contributed by atoms with E-state index in [4.69, 9.17) is 4.74 Å². The highest BCUT2D eigenvalue weighted by Gasteiger charge is 2.52. The summed E-state index contributed by atoms with van der Waals surface area (Å²) in [7, 11) is 4.67. The Labute approximate surface area is 116 Å². The van der Waals surface area contributed by atoms with Crippen LogP contribution in [-0.4, -0.2) is 53.8 Å². The average molecular weight is 273 g/mol. The fourth-order valence-electron chi connectivity index (χ4n) is 2.50. The number of hydrogen-bond acceptors (Lipinski definition) is 3. The fraction of sp³-hybridized carbons (Fsp3) is 0.286. The molecule has 0 saturated carbocycles. The molecule has 1 fully saturated rings. The third kappa shape index (κ3) is 1.44. The van der Waals surface area contributed by atoms with Crippen LogP contribution in [0.25, 0.3) is 6.08 Å². The lowest BCUT2D eigenvalue weighted by Gasteiger charge is -2.51. The van der Waals surface area contributed by atoms with Crippen molar-refractivity contribution in [3.63, 3.8) is 0 Å². The van der Waals surface area contributed by atoms with Crippen molar-refractivity contribution in [2.24, 2.45) is 0 Å². The molecule has 0 N–H and O–H groups in total.